The van der Waals surface area contributed by atoms with Crippen LogP contribution in [0, 0.1) is 0 Å². The summed E-state index contributed by atoms with van der Waals surface area (Å²) in [5.41, 5.74) is 0.352. The van der Waals surface area contributed by atoms with Crippen molar-refractivity contribution < 1.29 is 9.53 Å². The molecule has 0 radical (unpaired) electrons. The second-order valence-electron chi connectivity index (χ2n) is 5.15. The second kappa shape index (κ2) is 7.90. The van der Waals surface area contributed by atoms with E-state index in [1.807, 2.05) is 0 Å². The quantitative estimate of drug-likeness (QED) is 0.744. The number of likely N-dealkylation sites (N-methyl/N-ethyl adjacent to an activating group) is 1. The van der Waals surface area contributed by atoms with Crippen molar-refractivity contribution in [3.8, 4) is 0 Å². The summed E-state index contributed by atoms with van der Waals surface area (Å²) in [7, 11) is 3.75. The molecule has 0 unspecified atom stereocenters. The summed E-state index contributed by atoms with van der Waals surface area (Å²) < 4.78 is 4.93. The smallest absolute Gasteiger partial charge is 0.271 e. The van der Waals surface area contributed by atoms with E-state index in [9.17, 15) is 4.79 Å². The van der Waals surface area contributed by atoms with Crippen LogP contribution in [-0.4, -0.2) is 74.3 Å². The molecule has 0 saturated carbocycles. The van der Waals surface area contributed by atoms with Crippen LogP contribution in [0.5, 0.6) is 0 Å². The Balaban J connectivity index is 1.85. The number of piperazine rings is 1. The van der Waals surface area contributed by atoms with Crippen molar-refractivity contribution in [3.63, 3.8) is 0 Å². The van der Waals surface area contributed by atoms with Gasteiger partial charge in [-0.25, -0.2) is 9.97 Å². The Hall–Kier alpha value is -1.73. The van der Waals surface area contributed by atoms with Gasteiger partial charge in [0.1, 0.15) is 11.5 Å². The van der Waals surface area contributed by atoms with Gasteiger partial charge >= 0.3 is 0 Å². The first-order valence-corrected chi connectivity index (χ1v) is 7.23. The fraction of sp³-hybridized carbons (Fsp3) is 0.643. The molecule has 1 aromatic heterocycles. The molecule has 0 aliphatic carbocycles. The third kappa shape index (κ3) is 4.64. The molecule has 2 rings (SSSR count). The monoisotopic (exact) mass is 293 g/mol. The minimum atomic E-state index is -0.191. The Bertz CT molecular complexity index is 443. The van der Waals surface area contributed by atoms with E-state index in [2.05, 4.69) is 32.1 Å². The maximum absolute atomic E-state index is 11.9. The maximum atomic E-state index is 11.9. The summed E-state index contributed by atoms with van der Waals surface area (Å²) >= 11 is 0. The number of anilines is 1. The Kier molecular flexibility index (Phi) is 5.89. The van der Waals surface area contributed by atoms with Gasteiger partial charge in [-0.2, -0.15) is 0 Å². The lowest BCUT2D eigenvalue weighted by molar-refractivity contribution is 0.0943. The van der Waals surface area contributed by atoms with Crippen molar-refractivity contribution in [2.75, 3.05) is 58.4 Å². The van der Waals surface area contributed by atoms with Crippen LogP contribution < -0.4 is 10.2 Å². The largest absolute Gasteiger partial charge is 0.385 e. The molecular weight excluding hydrogens is 270 g/mol. The van der Waals surface area contributed by atoms with Crippen LogP contribution >= 0.6 is 0 Å². The molecule has 0 aromatic carbocycles. The van der Waals surface area contributed by atoms with E-state index in [0.717, 1.165) is 38.4 Å². The summed E-state index contributed by atoms with van der Waals surface area (Å²) in [5, 5.41) is 2.80. The van der Waals surface area contributed by atoms with Crippen LogP contribution in [0.2, 0.25) is 0 Å². The van der Waals surface area contributed by atoms with Crippen LogP contribution in [-0.2, 0) is 4.74 Å². The van der Waals surface area contributed by atoms with Crippen molar-refractivity contribution in [3.05, 3.63) is 18.1 Å². The highest BCUT2D eigenvalue weighted by atomic mass is 16.5. The van der Waals surface area contributed by atoms with Gasteiger partial charge in [0.25, 0.3) is 5.91 Å². The lowest BCUT2D eigenvalue weighted by Crippen LogP contribution is -2.44. The van der Waals surface area contributed by atoms with Crippen molar-refractivity contribution >= 4 is 11.7 Å². The highest BCUT2D eigenvalue weighted by Gasteiger charge is 2.16. The minimum Gasteiger partial charge on any atom is -0.385 e. The highest BCUT2D eigenvalue weighted by molar-refractivity contribution is 5.91. The maximum Gasteiger partial charge on any atom is 0.271 e. The molecule has 1 aliphatic heterocycles. The molecule has 0 spiro atoms. The third-order valence-corrected chi connectivity index (χ3v) is 3.51. The number of nitrogens with zero attached hydrogens (tertiary/aromatic N) is 4. The van der Waals surface area contributed by atoms with E-state index >= 15 is 0 Å². The molecule has 21 heavy (non-hydrogen) atoms. The number of methoxy groups -OCH3 is 1. The van der Waals surface area contributed by atoms with E-state index in [1.165, 1.54) is 0 Å². The average Bonchev–Trinajstić information content (AvgIpc) is 2.52. The van der Waals surface area contributed by atoms with Crippen molar-refractivity contribution in [1.29, 1.82) is 0 Å². The summed E-state index contributed by atoms with van der Waals surface area (Å²) in [6.45, 7) is 5.12. The number of carbonyl (C=O) groups excluding carboxylic acids is 1. The first kappa shape index (κ1) is 15.7. The van der Waals surface area contributed by atoms with Gasteiger partial charge in [-0.05, 0) is 13.5 Å². The number of rotatable bonds is 6. The normalized spacial score (nSPS) is 16.0. The van der Waals surface area contributed by atoms with E-state index in [0.29, 0.717) is 18.8 Å². The molecule has 7 nitrogen and oxygen atoms in total. The third-order valence-electron chi connectivity index (χ3n) is 3.51. The molecule has 116 valence electrons. The number of hydrogen-bond acceptors (Lipinski definition) is 6. The number of ether oxygens (including phenoxy) is 1. The summed E-state index contributed by atoms with van der Waals surface area (Å²) in [4.78, 5) is 24.9. The van der Waals surface area contributed by atoms with Crippen molar-refractivity contribution in [2.24, 2.45) is 0 Å². The van der Waals surface area contributed by atoms with E-state index < -0.39 is 0 Å². The number of carbonyl (C=O) groups is 1. The molecule has 1 N–H and O–H groups in total. The fourth-order valence-corrected chi connectivity index (χ4v) is 2.15. The van der Waals surface area contributed by atoms with Crippen molar-refractivity contribution in [2.45, 2.75) is 6.42 Å². The van der Waals surface area contributed by atoms with E-state index in [1.54, 1.807) is 19.5 Å². The molecular formula is C14H23N5O2. The predicted molar refractivity (Wildman–Crippen MR) is 80.6 cm³/mol. The molecule has 0 atom stereocenters. The molecule has 7 heteroatoms. The van der Waals surface area contributed by atoms with Crippen molar-refractivity contribution in [1.82, 2.24) is 20.2 Å². The summed E-state index contributed by atoms with van der Waals surface area (Å²) in [5.74, 6) is 0.641. The number of hydrogen-bond donors (Lipinski definition) is 1. The van der Waals surface area contributed by atoms with Gasteiger partial charge in [-0.3, -0.25) is 4.79 Å². The Labute approximate surface area is 125 Å². The molecule has 2 heterocycles. The van der Waals surface area contributed by atoms with Crippen LogP contribution in [0.1, 0.15) is 16.9 Å². The van der Waals surface area contributed by atoms with Crippen LogP contribution in [0.4, 0.5) is 5.82 Å². The van der Waals surface area contributed by atoms with Gasteiger partial charge in [-0.15, -0.1) is 0 Å². The van der Waals surface area contributed by atoms with E-state index in [4.69, 9.17) is 4.74 Å². The SMILES string of the molecule is COCCCNC(=O)c1cnc(N2CCN(C)CC2)cn1. The van der Waals surface area contributed by atoms with Gasteiger partial charge in [-0.1, -0.05) is 0 Å². The fourth-order valence-electron chi connectivity index (χ4n) is 2.15. The number of aromatic nitrogens is 2. The summed E-state index contributed by atoms with van der Waals surface area (Å²) in [6, 6.07) is 0. The lowest BCUT2D eigenvalue weighted by atomic mass is 10.3. The average molecular weight is 293 g/mol. The first-order valence-electron chi connectivity index (χ1n) is 7.23. The van der Waals surface area contributed by atoms with Gasteiger partial charge in [0.05, 0.1) is 12.4 Å². The van der Waals surface area contributed by atoms with Gasteiger partial charge in [0.15, 0.2) is 0 Å². The zero-order valence-electron chi connectivity index (χ0n) is 12.7. The molecule has 1 saturated heterocycles. The molecule has 1 fully saturated rings. The van der Waals surface area contributed by atoms with Crippen LogP contribution in [0.15, 0.2) is 12.4 Å². The zero-order valence-corrected chi connectivity index (χ0v) is 12.7. The molecule has 1 amide bonds. The molecule has 1 aromatic rings. The van der Waals surface area contributed by atoms with E-state index in [-0.39, 0.29) is 5.91 Å². The zero-order chi connectivity index (χ0) is 15.1. The Morgan fingerprint density at radius 3 is 2.67 bits per heavy atom. The second-order valence-corrected chi connectivity index (χ2v) is 5.15. The van der Waals surface area contributed by atoms with Crippen LogP contribution in [0.3, 0.4) is 0 Å². The first-order chi connectivity index (χ1) is 10.2. The predicted octanol–water partition coefficient (Wildman–Crippen LogP) is -0.00530. The van der Waals surface area contributed by atoms with Gasteiger partial charge in [0.2, 0.25) is 0 Å². The minimum absolute atomic E-state index is 0.191. The summed E-state index contributed by atoms with van der Waals surface area (Å²) in [6.07, 6.45) is 4.00. The standard InChI is InChI=1S/C14H23N5O2/c1-18-5-7-19(8-6-18)13-11-16-12(10-17-13)14(20)15-4-3-9-21-2/h10-11H,3-9H2,1-2H3,(H,15,20). The number of amides is 1. The van der Waals surface area contributed by atoms with Gasteiger partial charge < -0.3 is 19.9 Å². The molecule has 0 bridgehead atoms. The topological polar surface area (TPSA) is 70.6 Å². The highest BCUT2D eigenvalue weighted by Crippen LogP contribution is 2.11. The molecule has 1 aliphatic rings. The lowest BCUT2D eigenvalue weighted by Gasteiger charge is -2.32. The van der Waals surface area contributed by atoms with Gasteiger partial charge in [0, 0.05) is 46.4 Å². The Morgan fingerprint density at radius 1 is 1.29 bits per heavy atom. The Morgan fingerprint density at radius 2 is 2.05 bits per heavy atom. The number of nitrogens with one attached hydrogen (secondary N) is 1. The van der Waals surface area contributed by atoms with Crippen LogP contribution in [0.25, 0.3) is 0 Å².